The van der Waals surface area contributed by atoms with Crippen LogP contribution >= 0.6 is 0 Å². The molecule has 0 fully saturated rings. The normalized spacial score (nSPS) is 18.5. The average Bonchev–Trinajstić information content (AvgIpc) is 3.09. The van der Waals surface area contributed by atoms with Crippen molar-refractivity contribution in [3.8, 4) is 0 Å². The summed E-state index contributed by atoms with van der Waals surface area (Å²) in [4.78, 5) is 37.0. The van der Waals surface area contributed by atoms with Gasteiger partial charge in [0.05, 0.1) is 12.3 Å². The topological polar surface area (TPSA) is 110 Å². The molecule has 0 saturated carbocycles. The van der Waals surface area contributed by atoms with Crippen LogP contribution in [-0.2, 0) is 32.1 Å². The van der Waals surface area contributed by atoms with Crippen LogP contribution < -0.4 is 10.6 Å². The van der Waals surface area contributed by atoms with Crippen molar-refractivity contribution in [2.75, 3.05) is 20.3 Å². The zero-order chi connectivity index (χ0) is 22.2. The number of aromatic nitrogens is 1. The second-order valence-electron chi connectivity index (χ2n) is 8.06. The maximum absolute atomic E-state index is 12.9. The van der Waals surface area contributed by atoms with Gasteiger partial charge in [-0.05, 0) is 37.3 Å². The number of aliphatic carboxylic acids is 1. The molecule has 1 aliphatic heterocycles. The number of methoxy groups -OCH3 is 1. The third kappa shape index (κ3) is 6.07. The van der Waals surface area contributed by atoms with E-state index in [-0.39, 0.29) is 25.4 Å². The summed E-state index contributed by atoms with van der Waals surface area (Å²) in [7, 11) is 1.51. The Bertz CT molecular complexity index is 923. The maximum Gasteiger partial charge on any atom is 0.304 e. The fourth-order valence-electron chi connectivity index (χ4n) is 4.10. The molecule has 31 heavy (non-hydrogen) atoms. The lowest BCUT2D eigenvalue weighted by molar-refractivity contribution is -0.141. The van der Waals surface area contributed by atoms with Gasteiger partial charge < -0.3 is 25.0 Å². The molecule has 0 aliphatic carbocycles. The summed E-state index contributed by atoms with van der Waals surface area (Å²) in [5.74, 6) is -2.49. The molecular weight excluding hydrogens is 398 g/mol. The minimum Gasteiger partial charge on any atom is -0.481 e. The Labute approximate surface area is 181 Å². The highest BCUT2D eigenvalue weighted by atomic mass is 16.5. The number of carboxylic acid groups (broad SMARTS) is 1. The number of aryl methyl sites for hydroxylation is 1. The number of hydrogen-bond acceptors (Lipinski definition) is 4. The minimum absolute atomic E-state index is 0.244. The van der Waals surface area contributed by atoms with E-state index in [1.165, 1.54) is 7.11 Å². The summed E-state index contributed by atoms with van der Waals surface area (Å²) < 4.78 is 7.24. The van der Waals surface area contributed by atoms with Crippen molar-refractivity contribution in [1.29, 1.82) is 0 Å². The summed E-state index contributed by atoms with van der Waals surface area (Å²) in [6.45, 7) is 1.73. The molecule has 8 heteroatoms. The van der Waals surface area contributed by atoms with E-state index in [1.54, 1.807) is 0 Å². The molecular formula is C23H31N3O5. The van der Waals surface area contributed by atoms with Crippen LogP contribution in [0.5, 0.6) is 0 Å². The summed E-state index contributed by atoms with van der Waals surface area (Å²) in [6.07, 6.45) is 5.29. The van der Waals surface area contributed by atoms with Gasteiger partial charge in [0.2, 0.25) is 11.8 Å². The molecule has 0 spiro atoms. The van der Waals surface area contributed by atoms with E-state index in [0.29, 0.717) is 13.0 Å². The number of carbonyl (C=O) groups excluding carboxylic acids is 2. The van der Waals surface area contributed by atoms with Gasteiger partial charge in [-0.15, -0.1) is 0 Å². The van der Waals surface area contributed by atoms with Crippen LogP contribution in [0.25, 0.3) is 10.9 Å². The van der Waals surface area contributed by atoms with Crippen molar-refractivity contribution in [3.05, 3.63) is 36.0 Å². The third-order valence-electron chi connectivity index (χ3n) is 5.77. The Hall–Kier alpha value is -2.87. The first-order chi connectivity index (χ1) is 15.0. The number of para-hydroxylation sites is 1. The number of carbonyl (C=O) groups is 3. The summed E-state index contributed by atoms with van der Waals surface area (Å²) in [6, 6.07) is 7.29. The molecule has 2 heterocycles. The molecule has 2 aromatic rings. The molecule has 1 aliphatic rings. The number of carboxylic acids is 1. The van der Waals surface area contributed by atoms with Crippen LogP contribution in [0.1, 0.15) is 37.7 Å². The van der Waals surface area contributed by atoms with Crippen LogP contribution in [0.15, 0.2) is 30.5 Å². The molecule has 168 valence electrons. The Kier molecular flexibility index (Phi) is 8.06. The molecule has 1 aromatic heterocycles. The van der Waals surface area contributed by atoms with Gasteiger partial charge in [0.15, 0.2) is 0 Å². The molecule has 8 nitrogen and oxygen atoms in total. The lowest BCUT2D eigenvalue weighted by Crippen LogP contribution is -2.50. The third-order valence-corrected chi connectivity index (χ3v) is 5.77. The Morgan fingerprint density at radius 2 is 2.10 bits per heavy atom. The molecule has 0 unspecified atom stereocenters. The highest BCUT2D eigenvalue weighted by Crippen LogP contribution is 2.24. The zero-order valence-corrected chi connectivity index (χ0v) is 17.9. The van der Waals surface area contributed by atoms with E-state index in [4.69, 9.17) is 4.74 Å². The lowest BCUT2D eigenvalue weighted by atomic mass is 9.98. The van der Waals surface area contributed by atoms with Crippen LogP contribution in [0.3, 0.4) is 0 Å². The van der Waals surface area contributed by atoms with E-state index < -0.39 is 23.8 Å². The molecule has 3 N–H and O–H groups in total. The molecule has 2 atom stereocenters. The molecule has 0 radical (unpaired) electrons. The number of fused-ring (bicyclic) bond motifs is 5. The number of benzene rings is 1. The fraction of sp³-hybridized carbons (Fsp3) is 0.522. The van der Waals surface area contributed by atoms with Crippen molar-refractivity contribution in [1.82, 2.24) is 15.2 Å². The smallest absolute Gasteiger partial charge is 0.304 e. The first-order valence-electron chi connectivity index (χ1n) is 10.8. The predicted octanol–water partition coefficient (Wildman–Crippen LogP) is 2.10. The van der Waals surface area contributed by atoms with Gasteiger partial charge in [0.25, 0.3) is 0 Å². The van der Waals surface area contributed by atoms with E-state index in [2.05, 4.69) is 27.5 Å². The van der Waals surface area contributed by atoms with Gasteiger partial charge in [-0.25, -0.2) is 0 Å². The summed E-state index contributed by atoms with van der Waals surface area (Å²) in [5.41, 5.74) is 2.11. The van der Waals surface area contributed by atoms with Gasteiger partial charge in [0.1, 0.15) is 6.04 Å². The number of rotatable bonds is 7. The second-order valence-corrected chi connectivity index (χ2v) is 8.06. The lowest BCUT2D eigenvalue weighted by Gasteiger charge is -2.22. The van der Waals surface area contributed by atoms with Gasteiger partial charge in [-0.3, -0.25) is 14.4 Å². The average molecular weight is 430 g/mol. The molecule has 2 amide bonds. The maximum atomic E-state index is 12.9. The van der Waals surface area contributed by atoms with E-state index in [9.17, 15) is 19.5 Å². The monoisotopic (exact) mass is 429 g/mol. The van der Waals surface area contributed by atoms with Gasteiger partial charge in [-0.2, -0.15) is 0 Å². The van der Waals surface area contributed by atoms with Crippen LogP contribution in [0, 0.1) is 5.92 Å². The van der Waals surface area contributed by atoms with Gasteiger partial charge >= 0.3 is 5.97 Å². The first-order valence-corrected chi connectivity index (χ1v) is 10.8. The van der Waals surface area contributed by atoms with Gasteiger partial charge in [-0.1, -0.05) is 18.2 Å². The Balaban J connectivity index is 1.86. The van der Waals surface area contributed by atoms with Crippen LogP contribution in [0.2, 0.25) is 0 Å². The molecule has 1 aromatic carbocycles. The van der Waals surface area contributed by atoms with E-state index in [1.807, 2.05) is 18.2 Å². The fourth-order valence-corrected chi connectivity index (χ4v) is 4.10. The number of hydrogen-bond donors (Lipinski definition) is 3. The van der Waals surface area contributed by atoms with Gasteiger partial charge in [0, 0.05) is 50.3 Å². The highest BCUT2D eigenvalue weighted by molar-refractivity contribution is 5.91. The van der Waals surface area contributed by atoms with Crippen LogP contribution in [-0.4, -0.2) is 53.8 Å². The number of nitrogens with zero attached hydrogens (tertiary/aromatic N) is 1. The van der Waals surface area contributed by atoms with Crippen molar-refractivity contribution in [2.24, 2.45) is 5.92 Å². The van der Waals surface area contributed by atoms with Crippen LogP contribution in [0.4, 0.5) is 0 Å². The second kappa shape index (κ2) is 10.9. The molecule has 2 bridgehead atoms. The summed E-state index contributed by atoms with van der Waals surface area (Å²) in [5, 5.41) is 16.0. The van der Waals surface area contributed by atoms with Crippen molar-refractivity contribution in [2.45, 2.75) is 51.1 Å². The van der Waals surface area contributed by atoms with Crippen molar-refractivity contribution in [3.63, 3.8) is 0 Å². The Morgan fingerprint density at radius 3 is 2.87 bits per heavy atom. The SMILES string of the molecule is COCC[C@H](CC(=O)O)C(=O)N[C@H]1Cc2cn(c3ccccc23)CCCCCNC1=O. The quantitative estimate of drug-likeness (QED) is 0.624. The summed E-state index contributed by atoms with van der Waals surface area (Å²) >= 11 is 0. The highest BCUT2D eigenvalue weighted by Gasteiger charge is 2.28. The largest absolute Gasteiger partial charge is 0.481 e. The van der Waals surface area contributed by atoms with Crippen molar-refractivity contribution >= 4 is 28.7 Å². The number of amides is 2. The van der Waals surface area contributed by atoms with E-state index in [0.717, 1.165) is 42.3 Å². The van der Waals surface area contributed by atoms with Crippen molar-refractivity contribution < 1.29 is 24.2 Å². The number of ether oxygens (including phenoxy) is 1. The number of nitrogens with one attached hydrogen (secondary N) is 2. The minimum atomic E-state index is -1.05. The zero-order valence-electron chi connectivity index (χ0n) is 17.9. The van der Waals surface area contributed by atoms with E-state index >= 15 is 0 Å². The molecule has 0 saturated heterocycles. The standard InChI is InChI=1S/C23H31N3O5/c1-31-12-9-16(14-21(27)28)22(29)25-19-13-17-15-26(20-8-4-3-7-18(17)20)11-6-2-5-10-24-23(19)30/h3-4,7-8,15-16,19H,2,5-6,9-14H2,1H3,(H,24,30)(H,25,29)(H,27,28)/t16-,19+/m1/s1. The Morgan fingerprint density at radius 1 is 1.29 bits per heavy atom. The predicted molar refractivity (Wildman–Crippen MR) is 117 cm³/mol. The first kappa shape index (κ1) is 22.8. The molecule has 3 rings (SSSR count).